The topological polar surface area (TPSA) is 104 Å². The number of hydrogen-bond acceptors (Lipinski definition) is 7. The van der Waals surface area contributed by atoms with E-state index < -0.39 is 9.84 Å². The molecule has 1 saturated carbocycles. The molecule has 200 valence electrons. The van der Waals surface area contributed by atoms with Crippen molar-refractivity contribution in [2.75, 3.05) is 36.1 Å². The first-order chi connectivity index (χ1) is 18.7. The Bertz CT molecular complexity index is 1700. The number of aromatic nitrogens is 2. The van der Waals surface area contributed by atoms with E-state index in [1.807, 2.05) is 18.2 Å². The number of rotatable bonds is 6. The Morgan fingerprint density at radius 3 is 2.72 bits per heavy atom. The molecule has 0 radical (unpaired) electrons. The zero-order valence-electron chi connectivity index (χ0n) is 22.1. The Labute approximate surface area is 228 Å². The summed E-state index contributed by atoms with van der Waals surface area (Å²) < 4.78 is 24.1. The highest BCUT2D eigenvalue weighted by atomic mass is 32.2. The summed E-state index contributed by atoms with van der Waals surface area (Å²) in [4.78, 5) is 24.8. The van der Waals surface area contributed by atoms with Crippen molar-refractivity contribution in [3.8, 4) is 11.3 Å². The quantitative estimate of drug-likeness (QED) is 0.378. The fourth-order valence-corrected chi connectivity index (χ4v) is 6.28. The minimum Gasteiger partial charge on any atom is -0.353 e. The van der Waals surface area contributed by atoms with Crippen molar-refractivity contribution in [2.24, 2.45) is 0 Å². The second-order valence-electron chi connectivity index (χ2n) is 10.7. The van der Waals surface area contributed by atoms with E-state index in [9.17, 15) is 13.2 Å². The van der Waals surface area contributed by atoms with Gasteiger partial charge in [-0.1, -0.05) is 24.3 Å². The molecule has 2 aromatic carbocycles. The molecule has 1 amide bonds. The lowest BCUT2D eigenvalue weighted by Gasteiger charge is -2.35. The van der Waals surface area contributed by atoms with E-state index in [1.54, 1.807) is 25.3 Å². The molecule has 1 saturated heterocycles. The van der Waals surface area contributed by atoms with E-state index in [4.69, 9.17) is 4.98 Å². The zero-order valence-corrected chi connectivity index (χ0v) is 22.9. The Hall–Kier alpha value is -3.82. The third kappa shape index (κ3) is 5.51. The number of sulfone groups is 1. The van der Waals surface area contributed by atoms with Gasteiger partial charge in [-0.2, -0.15) is 0 Å². The normalized spacial score (nSPS) is 16.4. The first-order valence-corrected chi connectivity index (χ1v) is 15.0. The van der Waals surface area contributed by atoms with Gasteiger partial charge >= 0.3 is 0 Å². The summed E-state index contributed by atoms with van der Waals surface area (Å²) in [6.07, 6.45) is 5.47. The van der Waals surface area contributed by atoms with Gasteiger partial charge in [0.25, 0.3) is 0 Å². The molecule has 2 aromatic heterocycles. The van der Waals surface area contributed by atoms with E-state index in [2.05, 4.69) is 44.8 Å². The van der Waals surface area contributed by atoms with Crippen LogP contribution >= 0.6 is 0 Å². The van der Waals surface area contributed by atoms with Crippen molar-refractivity contribution in [1.82, 2.24) is 15.3 Å². The Morgan fingerprint density at radius 2 is 1.92 bits per heavy atom. The van der Waals surface area contributed by atoms with E-state index in [1.165, 1.54) is 18.9 Å². The molecular weight excluding hydrogens is 510 g/mol. The van der Waals surface area contributed by atoms with Crippen molar-refractivity contribution in [3.05, 3.63) is 78.1 Å². The minimum atomic E-state index is -3.39. The van der Waals surface area contributed by atoms with Gasteiger partial charge in [0, 0.05) is 54.3 Å². The average molecular weight is 542 g/mol. The first kappa shape index (κ1) is 25.5. The lowest BCUT2D eigenvalue weighted by Crippen LogP contribution is -2.52. The number of aryl methyl sites for hydroxylation is 1. The van der Waals surface area contributed by atoms with Crippen LogP contribution < -0.4 is 15.5 Å². The monoisotopic (exact) mass is 541 g/mol. The van der Waals surface area contributed by atoms with Crippen LogP contribution in [0.25, 0.3) is 22.0 Å². The minimum absolute atomic E-state index is 0.0702. The maximum atomic E-state index is 12.8. The highest BCUT2D eigenvalue weighted by molar-refractivity contribution is 7.90. The number of carbonyl (C=O) groups excluding carboxylic acids is 1. The fourth-order valence-electron chi connectivity index (χ4n) is 5.29. The van der Waals surface area contributed by atoms with Gasteiger partial charge in [-0.05, 0) is 67.1 Å². The van der Waals surface area contributed by atoms with Gasteiger partial charge in [-0.25, -0.2) is 13.4 Å². The van der Waals surface area contributed by atoms with Gasteiger partial charge < -0.3 is 15.5 Å². The number of anilines is 2. The smallest absolute Gasteiger partial charge is 0.230 e. The van der Waals surface area contributed by atoms with Crippen molar-refractivity contribution < 1.29 is 13.2 Å². The molecule has 0 unspecified atom stereocenters. The highest BCUT2D eigenvalue weighted by Gasteiger charge is 2.45. The van der Waals surface area contributed by atoms with Gasteiger partial charge in [-0.3, -0.25) is 9.78 Å². The largest absolute Gasteiger partial charge is 0.353 e. The third-order valence-corrected chi connectivity index (χ3v) is 8.81. The van der Waals surface area contributed by atoms with E-state index in [-0.39, 0.29) is 22.8 Å². The number of benzene rings is 2. The second kappa shape index (κ2) is 9.73. The number of fused-ring (bicyclic) bond motifs is 1. The van der Waals surface area contributed by atoms with E-state index >= 15 is 0 Å². The summed E-state index contributed by atoms with van der Waals surface area (Å²) in [5.74, 6) is 0.739. The number of hydrogen-bond donors (Lipinski definition) is 2. The van der Waals surface area contributed by atoms with Gasteiger partial charge in [0.1, 0.15) is 5.82 Å². The van der Waals surface area contributed by atoms with E-state index in [0.29, 0.717) is 16.9 Å². The number of nitrogens with one attached hydrogen (secondary N) is 2. The molecule has 1 spiro atoms. The predicted octanol–water partition coefficient (Wildman–Crippen LogP) is 4.13. The van der Waals surface area contributed by atoms with Crippen LogP contribution in [0.4, 0.5) is 11.5 Å². The van der Waals surface area contributed by atoms with Crippen molar-refractivity contribution in [2.45, 2.75) is 36.6 Å². The van der Waals surface area contributed by atoms with Crippen LogP contribution in [0.1, 0.15) is 24.1 Å². The van der Waals surface area contributed by atoms with Crippen molar-refractivity contribution in [3.63, 3.8) is 0 Å². The highest BCUT2D eigenvalue weighted by Crippen LogP contribution is 2.38. The summed E-state index contributed by atoms with van der Waals surface area (Å²) in [5, 5.41) is 8.41. The Morgan fingerprint density at radius 1 is 1.08 bits per heavy atom. The lowest BCUT2D eigenvalue weighted by atomic mass is 10.0. The van der Waals surface area contributed by atoms with Crippen LogP contribution in [0.15, 0.2) is 71.8 Å². The molecule has 2 fully saturated rings. The number of amides is 1. The predicted molar refractivity (Wildman–Crippen MR) is 154 cm³/mol. The summed E-state index contributed by atoms with van der Waals surface area (Å²) in [6, 6.07) is 19.2. The molecule has 8 nitrogen and oxygen atoms in total. The summed E-state index contributed by atoms with van der Waals surface area (Å²) in [5.41, 5.74) is 3.92. The number of piperazine rings is 1. The van der Waals surface area contributed by atoms with Crippen LogP contribution in [-0.2, 0) is 21.1 Å². The molecule has 4 aromatic rings. The Kier molecular flexibility index (Phi) is 6.35. The van der Waals surface area contributed by atoms with Gasteiger partial charge in [-0.15, -0.1) is 0 Å². The Balaban J connectivity index is 1.20. The third-order valence-electron chi connectivity index (χ3n) is 7.57. The van der Waals surface area contributed by atoms with Crippen LogP contribution in [0.3, 0.4) is 0 Å². The second-order valence-corrected chi connectivity index (χ2v) is 12.7. The SMILES string of the molecule is Cc1ccc(NC(=O)Cc2cc3cc(-c4cccc(N5CCNC6(CC6)C5)n4)ccc3cn2)cc1S(C)(=O)=O. The van der Waals surface area contributed by atoms with Gasteiger partial charge in [0.15, 0.2) is 9.84 Å². The summed E-state index contributed by atoms with van der Waals surface area (Å²) in [7, 11) is -3.39. The zero-order chi connectivity index (χ0) is 27.2. The number of pyridine rings is 2. The number of nitrogens with zero attached hydrogens (tertiary/aromatic N) is 3. The summed E-state index contributed by atoms with van der Waals surface area (Å²) >= 11 is 0. The molecule has 1 aliphatic carbocycles. The standard InChI is InChI=1S/C30H31N5O3S/c1-20-6-9-24(16-27(20)39(2,37)38)33-29(36)17-25-15-23-14-21(7-8-22(23)18-31-25)26-4-3-5-28(34-26)35-13-12-32-30(19-35)10-11-30/h3-9,14-16,18,32H,10-13,17,19H2,1-2H3,(H,33,36). The maximum absolute atomic E-state index is 12.8. The molecule has 3 heterocycles. The molecule has 0 atom stereocenters. The molecule has 2 aliphatic rings. The first-order valence-electron chi connectivity index (χ1n) is 13.1. The van der Waals surface area contributed by atoms with Gasteiger partial charge in [0.2, 0.25) is 5.91 Å². The number of carbonyl (C=O) groups is 1. The fraction of sp³-hybridized carbons (Fsp3) is 0.300. The molecule has 6 rings (SSSR count). The lowest BCUT2D eigenvalue weighted by molar-refractivity contribution is -0.115. The molecular formula is C30H31N5O3S. The van der Waals surface area contributed by atoms with Gasteiger partial charge in [0.05, 0.1) is 22.7 Å². The van der Waals surface area contributed by atoms with E-state index in [0.717, 1.165) is 53.7 Å². The molecule has 0 bridgehead atoms. The van der Waals surface area contributed by atoms with Crippen molar-refractivity contribution >= 4 is 38.0 Å². The van der Waals surface area contributed by atoms with Crippen LogP contribution in [0.2, 0.25) is 0 Å². The molecule has 2 N–H and O–H groups in total. The molecule has 39 heavy (non-hydrogen) atoms. The molecule has 9 heteroatoms. The summed E-state index contributed by atoms with van der Waals surface area (Å²) in [6.45, 7) is 4.66. The van der Waals surface area contributed by atoms with Crippen molar-refractivity contribution in [1.29, 1.82) is 0 Å². The van der Waals surface area contributed by atoms with Crippen LogP contribution in [-0.4, -0.2) is 55.7 Å². The van der Waals surface area contributed by atoms with Crippen LogP contribution in [0, 0.1) is 6.92 Å². The average Bonchev–Trinajstić information content (AvgIpc) is 3.66. The molecule has 1 aliphatic heterocycles. The maximum Gasteiger partial charge on any atom is 0.230 e. The van der Waals surface area contributed by atoms with Crippen LogP contribution in [0.5, 0.6) is 0 Å².